The van der Waals surface area contributed by atoms with Crippen molar-refractivity contribution in [1.82, 2.24) is 4.31 Å². The average molecular weight is 387 g/mol. The predicted octanol–water partition coefficient (Wildman–Crippen LogP) is 3.25. The Labute approximate surface area is 151 Å². The molecule has 0 aliphatic carbocycles. The zero-order valence-corrected chi connectivity index (χ0v) is 15.1. The van der Waals surface area contributed by atoms with E-state index < -0.39 is 20.8 Å². The van der Waals surface area contributed by atoms with E-state index in [2.05, 4.69) is 5.32 Å². The Morgan fingerprint density at radius 3 is 2.21 bits per heavy atom. The molecule has 2 rings (SSSR count). The van der Waals surface area contributed by atoms with Crippen molar-refractivity contribution in [3.8, 4) is 0 Å². The van der Waals surface area contributed by atoms with Crippen LogP contribution in [0.5, 0.6) is 0 Å². The van der Waals surface area contributed by atoms with Crippen LogP contribution in [0.25, 0.3) is 0 Å². The fourth-order valence-electron chi connectivity index (χ4n) is 2.01. The molecule has 1 N–H and O–H groups in total. The molecule has 0 unspecified atom stereocenters. The predicted molar refractivity (Wildman–Crippen MR) is 95.7 cm³/mol. The maximum absolute atomic E-state index is 12.6. The van der Waals surface area contributed by atoms with Crippen LogP contribution in [-0.4, -0.2) is 30.5 Å². The number of nitrogens with one attached hydrogen (secondary N) is 1. The summed E-state index contributed by atoms with van der Waals surface area (Å²) in [4.78, 5) is 10.3. The highest BCUT2D eigenvalue weighted by Crippen LogP contribution is 2.19. The summed E-state index contributed by atoms with van der Waals surface area (Å²) in [6.07, 6.45) is 0. The van der Waals surface area contributed by atoms with Gasteiger partial charge in [-0.15, -0.1) is 0 Å². The number of hydrogen-bond acceptors (Lipinski definition) is 3. The van der Waals surface area contributed by atoms with Gasteiger partial charge in [0.25, 0.3) is 5.91 Å². The number of carbonyl (C=O) groups is 1. The second kappa shape index (κ2) is 7.98. The van der Waals surface area contributed by atoms with E-state index in [1.54, 1.807) is 0 Å². The molecule has 0 aliphatic rings. The van der Waals surface area contributed by atoms with Crippen molar-refractivity contribution in [2.75, 3.05) is 12.4 Å². The molecule has 0 atom stereocenters. The molecule has 24 heavy (non-hydrogen) atoms. The molecule has 0 radical (unpaired) electrons. The fraction of sp³-hybridized carbons (Fsp3) is 0.188. The number of nitrogens with zero attached hydrogens (tertiary/aromatic N) is 1. The van der Waals surface area contributed by atoms with E-state index in [1.807, 2.05) is 30.3 Å². The Morgan fingerprint density at radius 1 is 1.08 bits per heavy atom. The van der Waals surface area contributed by atoms with Crippen molar-refractivity contribution < 1.29 is 13.2 Å². The Kier molecular flexibility index (Phi) is 6.23. The van der Waals surface area contributed by atoms with Gasteiger partial charge in [0, 0.05) is 19.3 Å². The van der Waals surface area contributed by atoms with Gasteiger partial charge >= 0.3 is 0 Å². The molecule has 0 bridgehead atoms. The average Bonchev–Trinajstić information content (AvgIpc) is 2.56. The quantitative estimate of drug-likeness (QED) is 0.774. The van der Waals surface area contributed by atoms with Crippen LogP contribution in [0.2, 0.25) is 0 Å². The molecule has 2 aromatic rings. The summed E-state index contributed by atoms with van der Waals surface area (Å²) in [5.74, 6) is -0.574. The van der Waals surface area contributed by atoms with Crippen LogP contribution in [0.3, 0.4) is 0 Å². The zero-order valence-electron chi connectivity index (χ0n) is 12.8. The topological polar surface area (TPSA) is 66.5 Å². The Morgan fingerprint density at radius 2 is 1.67 bits per heavy atom. The molecule has 0 saturated carbocycles. The van der Waals surface area contributed by atoms with Gasteiger partial charge in [-0.05, 0) is 29.8 Å². The van der Waals surface area contributed by atoms with Crippen molar-refractivity contribution in [2.45, 2.75) is 16.3 Å². The third-order valence-electron chi connectivity index (χ3n) is 3.28. The van der Waals surface area contributed by atoms with Crippen molar-refractivity contribution in [1.29, 1.82) is 0 Å². The number of hydrogen-bond donors (Lipinski definition) is 1. The van der Waals surface area contributed by atoms with E-state index in [0.717, 1.165) is 5.56 Å². The van der Waals surface area contributed by atoms with Gasteiger partial charge in [-0.25, -0.2) is 8.42 Å². The molecule has 0 fully saturated rings. The monoisotopic (exact) mass is 386 g/mol. The van der Waals surface area contributed by atoms with Crippen molar-refractivity contribution in [3.63, 3.8) is 0 Å². The highest BCUT2D eigenvalue weighted by atomic mass is 35.5. The van der Waals surface area contributed by atoms with E-state index in [0.29, 0.717) is 5.69 Å². The van der Waals surface area contributed by atoms with Gasteiger partial charge < -0.3 is 5.32 Å². The summed E-state index contributed by atoms with van der Waals surface area (Å²) in [5, 5.41) is 2.48. The molecule has 8 heteroatoms. The van der Waals surface area contributed by atoms with Crippen LogP contribution < -0.4 is 5.32 Å². The number of alkyl halides is 2. The molecule has 1 amide bonds. The second-order valence-electron chi connectivity index (χ2n) is 5.06. The fourth-order valence-corrected chi connectivity index (χ4v) is 3.28. The normalized spacial score (nSPS) is 11.7. The van der Waals surface area contributed by atoms with Gasteiger partial charge in [0.15, 0.2) is 4.84 Å². The van der Waals surface area contributed by atoms with Gasteiger partial charge in [0.05, 0.1) is 4.90 Å². The number of sulfonamides is 1. The lowest BCUT2D eigenvalue weighted by molar-refractivity contribution is -0.114. The lowest BCUT2D eigenvalue weighted by Gasteiger charge is -2.17. The second-order valence-corrected chi connectivity index (χ2v) is 8.20. The van der Waals surface area contributed by atoms with Crippen LogP contribution in [0.1, 0.15) is 5.56 Å². The van der Waals surface area contributed by atoms with Crippen molar-refractivity contribution in [2.24, 2.45) is 0 Å². The van der Waals surface area contributed by atoms with Crippen LogP contribution in [-0.2, 0) is 21.4 Å². The number of rotatable bonds is 6. The number of benzene rings is 2. The van der Waals surface area contributed by atoms with Gasteiger partial charge in [-0.3, -0.25) is 4.79 Å². The molecule has 0 aromatic heterocycles. The van der Waals surface area contributed by atoms with Crippen molar-refractivity contribution in [3.05, 3.63) is 60.2 Å². The van der Waals surface area contributed by atoms with Gasteiger partial charge in [-0.1, -0.05) is 53.5 Å². The highest BCUT2D eigenvalue weighted by Gasteiger charge is 2.21. The number of amides is 1. The minimum absolute atomic E-state index is 0.132. The standard InChI is InChI=1S/C16H16Cl2N2O3S/c1-20(11-12-5-3-2-4-6-12)24(22,23)14-9-7-13(8-10-14)19-16(21)15(17)18/h2-10,15H,11H2,1H3,(H,19,21). The van der Waals surface area contributed by atoms with Crippen LogP contribution in [0.15, 0.2) is 59.5 Å². The SMILES string of the molecule is CN(Cc1ccccc1)S(=O)(=O)c1ccc(NC(=O)C(Cl)Cl)cc1. The maximum atomic E-state index is 12.6. The van der Waals surface area contributed by atoms with Crippen LogP contribution in [0.4, 0.5) is 5.69 Å². The first kappa shape index (κ1) is 18.7. The van der Waals surface area contributed by atoms with E-state index in [1.165, 1.54) is 35.6 Å². The molecule has 0 aliphatic heterocycles. The Bertz CT molecular complexity index is 794. The van der Waals surface area contributed by atoms with E-state index in [4.69, 9.17) is 23.2 Å². The molecular weight excluding hydrogens is 371 g/mol. The highest BCUT2D eigenvalue weighted by molar-refractivity contribution is 7.89. The molecule has 0 spiro atoms. The smallest absolute Gasteiger partial charge is 0.257 e. The van der Waals surface area contributed by atoms with E-state index in [9.17, 15) is 13.2 Å². The summed E-state index contributed by atoms with van der Waals surface area (Å²) in [5.41, 5.74) is 1.30. The molecule has 0 saturated heterocycles. The Balaban J connectivity index is 2.13. The number of carbonyl (C=O) groups excluding carboxylic acids is 1. The number of anilines is 1. The largest absolute Gasteiger partial charge is 0.324 e. The molecule has 0 heterocycles. The van der Waals surface area contributed by atoms with E-state index in [-0.39, 0.29) is 11.4 Å². The van der Waals surface area contributed by atoms with Crippen LogP contribution in [0, 0.1) is 0 Å². The summed E-state index contributed by atoms with van der Waals surface area (Å²) < 4.78 is 26.4. The maximum Gasteiger partial charge on any atom is 0.257 e. The lowest BCUT2D eigenvalue weighted by Crippen LogP contribution is -2.26. The first-order valence-corrected chi connectivity index (χ1v) is 9.31. The zero-order chi connectivity index (χ0) is 17.7. The van der Waals surface area contributed by atoms with Crippen LogP contribution >= 0.6 is 23.2 Å². The van der Waals surface area contributed by atoms with Gasteiger partial charge in [-0.2, -0.15) is 4.31 Å². The van der Waals surface area contributed by atoms with Gasteiger partial charge in [0.2, 0.25) is 10.0 Å². The lowest BCUT2D eigenvalue weighted by atomic mass is 10.2. The Hall–Kier alpha value is -1.60. The summed E-state index contributed by atoms with van der Waals surface area (Å²) in [6, 6.07) is 15.1. The molecule has 128 valence electrons. The minimum Gasteiger partial charge on any atom is -0.324 e. The van der Waals surface area contributed by atoms with E-state index >= 15 is 0 Å². The first-order valence-electron chi connectivity index (χ1n) is 7.00. The summed E-state index contributed by atoms with van der Waals surface area (Å²) in [6.45, 7) is 0.266. The molecular formula is C16H16Cl2N2O3S. The summed E-state index contributed by atoms with van der Waals surface area (Å²) in [7, 11) is -2.11. The minimum atomic E-state index is -3.63. The molecule has 2 aromatic carbocycles. The summed E-state index contributed by atoms with van der Waals surface area (Å²) >= 11 is 10.9. The number of halogens is 2. The third kappa shape index (κ3) is 4.70. The van der Waals surface area contributed by atoms with Crippen molar-refractivity contribution >= 4 is 44.8 Å². The first-order chi connectivity index (χ1) is 11.3. The van der Waals surface area contributed by atoms with Gasteiger partial charge in [0.1, 0.15) is 0 Å². The molecule has 5 nitrogen and oxygen atoms in total. The third-order valence-corrected chi connectivity index (χ3v) is 5.49.